The first-order chi connectivity index (χ1) is 4.33. The van der Waals surface area contributed by atoms with Gasteiger partial charge in [0.05, 0.1) is 12.7 Å². The van der Waals surface area contributed by atoms with E-state index in [0.717, 1.165) is 11.1 Å². The molecule has 0 bridgehead atoms. The van der Waals surface area contributed by atoms with Gasteiger partial charge in [-0.25, -0.2) is 0 Å². The molecule has 0 aliphatic carbocycles. The third kappa shape index (κ3) is 1.76. The minimum absolute atomic E-state index is 0.593. The van der Waals surface area contributed by atoms with Gasteiger partial charge in [0.1, 0.15) is 4.60 Å². The first kappa shape index (κ1) is 6.70. The molecule has 1 aromatic heterocycles. The molecule has 9 heavy (non-hydrogen) atoms. The van der Waals surface area contributed by atoms with Crippen LogP contribution in [-0.2, 0) is 6.54 Å². The van der Waals surface area contributed by atoms with Crippen molar-refractivity contribution in [3.63, 3.8) is 0 Å². The van der Waals surface area contributed by atoms with E-state index in [0.29, 0.717) is 6.54 Å². The van der Waals surface area contributed by atoms with Gasteiger partial charge in [0.25, 0.3) is 0 Å². The fourth-order valence-electron chi connectivity index (χ4n) is 0.516. The van der Waals surface area contributed by atoms with Crippen molar-refractivity contribution in [2.75, 3.05) is 6.54 Å². The van der Waals surface area contributed by atoms with Gasteiger partial charge >= 0.3 is 0 Å². The molecule has 0 aromatic carbocycles. The second-order valence-electron chi connectivity index (χ2n) is 1.59. The van der Waals surface area contributed by atoms with Crippen molar-refractivity contribution in [1.29, 1.82) is 0 Å². The van der Waals surface area contributed by atoms with Gasteiger partial charge in [0.15, 0.2) is 0 Å². The van der Waals surface area contributed by atoms with E-state index in [9.17, 15) is 0 Å². The molecule has 0 saturated carbocycles. The van der Waals surface area contributed by atoms with E-state index in [1.807, 2.05) is 0 Å². The molecular formula is C4H7BrN4. The van der Waals surface area contributed by atoms with E-state index in [-0.39, 0.29) is 0 Å². The van der Waals surface area contributed by atoms with Gasteiger partial charge in [0.2, 0.25) is 0 Å². The summed E-state index contributed by atoms with van der Waals surface area (Å²) in [5.74, 6) is 0. The molecule has 2 N–H and O–H groups in total. The lowest BCUT2D eigenvalue weighted by molar-refractivity contribution is 0.598. The van der Waals surface area contributed by atoms with Crippen LogP contribution in [0.15, 0.2) is 10.8 Å². The fraction of sp³-hybridized carbons (Fsp3) is 0.500. The van der Waals surface area contributed by atoms with Gasteiger partial charge in [0, 0.05) is 6.54 Å². The highest BCUT2D eigenvalue weighted by Gasteiger charge is 1.92. The highest BCUT2D eigenvalue weighted by Crippen LogP contribution is 2.00. The van der Waals surface area contributed by atoms with Gasteiger partial charge in [-0.1, -0.05) is 5.21 Å². The number of hydrogen-bond acceptors (Lipinski definition) is 3. The second-order valence-corrected chi connectivity index (χ2v) is 2.41. The zero-order chi connectivity index (χ0) is 6.69. The number of rotatable bonds is 2. The lowest BCUT2D eigenvalue weighted by Crippen LogP contribution is -2.09. The molecule has 0 aliphatic rings. The summed E-state index contributed by atoms with van der Waals surface area (Å²) in [5, 5.41) is 7.45. The average molecular weight is 191 g/mol. The van der Waals surface area contributed by atoms with E-state index in [1.165, 1.54) is 0 Å². The Morgan fingerprint density at radius 2 is 2.56 bits per heavy atom. The predicted molar refractivity (Wildman–Crippen MR) is 36.8 cm³/mol. The summed E-state index contributed by atoms with van der Waals surface area (Å²) in [5.41, 5.74) is 5.27. The molecule has 5 heteroatoms. The first-order valence-electron chi connectivity index (χ1n) is 2.58. The Labute approximate surface area is 61.2 Å². The smallest absolute Gasteiger partial charge is 0.148 e. The quantitative estimate of drug-likeness (QED) is 0.715. The van der Waals surface area contributed by atoms with Crippen molar-refractivity contribution in [3.05, 3.63) is 10.8 Å². The van der Waals surface area contributed by atoms with Crippen LogP contribution in [0, 0.1) is 0 Å². The normalized spacial score (nSPS) is 10.0. The number of nitrogens with zero attached hydrogens (tertiary/aromatic N) is 3. The zero-order valence-electron chi connectivity index (χ0n) is 4.79. The van der Waals surface area contributed by atoms with E-state index in [1.54, 1.807) is 10.9 Å². The topological polar surface area (TPSA) is 56.7 Å². The molecule has 0 saturated heterocycles. The largest absolute Gasteiger partial charge is 0.329 e. The fourth-order valence-corrected chi connectivity index (χ4v) is 0.824. The molecular weight excluding hydrogens is 184 g/mol. The highest BCUT2D eigenvalue weighted by atomic mass is 79.9. The Kier molecular flexibility index (Phi) is 2.18. The van der Waals surface area contributed by atoms with Crippen LogP contribution < -0.4 is 5.73 Å². The molecule has 0 fully saturated rings. The maximum absolute atomic E-state index is 5.27. The molecule has 1 rings (SSSR count). The van der Waals surface area contributed by atoms with Crippen LogP contribution in [0.5, 0.6) is 0 Å². The van der Waals surface area contributed by atoms with Crippen molar-refractivity contribution in [1.82, 2.24) is 15.0 Å². The third-order valence-corrected chi connectivity index (χ3v) is 1.23. The standard InChI is InChI=1S/C4H7BrN4/c5-4-3-9(2-1-6)8-7-4/h3H,1-2,6H2. The molecule has 1 heterocycles. The van der Waals surface area contributed by atoms with Crippen molar-refractivity contribution in [2.24, 2.45) is 5.73 Å². The molecule has 0 unspecified atom stereocenters. The Bertz CT molecular complexity index is 184. The number of hydrogen-bond donors (Lipinski definition) is 1. The molecule has 0 atom stereocenters. The third-order valence-electron chi connectivity index (χ3n) is 0.869. The van der Waals surface area contributed by atoms with Crippen LogP contribution in [0.25, 0.3) is 0 Å². The highest BCUT2D eigenvalue weighted by molar-refractivity contribution is 9.10. The average Bonchev–Trinajstić information content (AvgIpc) is 2.17. The van der Waals surface area contributed by atoms with Crippen LogP contribution in [0.3, 0.4) is 0 Å². The maximum atomic E-state index is 5.27. The van der Waals surface area contributed by atoms with Crippen LogP contribution in [-0.4, -0.2) is 21.5 Å². The summed E-state index contributed by atoms with van der Waals surface area (Å²) < 4.78 is 2.43. The van der Waals surface area contributed by atoms with Crippen LogP contribution in [0.1, 0.15) is 0 Å². The summed E-state index contributed by atoms with van der Waals surface area (Å²) in [6, 6.07) is 0. The summed E-state index contributed by atoms with van der Waals surface area (Å²) in [6.07, 6.45) is 1.78. The van der Waals surface area contributed by atoms with Gasteiger partial charge in [-0.05, 0) is 15.9 Å². The first-order valence-corrected chi connectivity index (χ1v) is 3.38. The summed E-state index contributed by atoms with van der Waals surface area (Å²) in [4.78, 5) is 0. The Morgan fingerprint density at radius 1 is 1.78 bits per heavy atom. The SMILES string of the molecule is NCCn1cc(Br)nn1. The number of halogens is 1. The van der Waals surface area contributed by atoms with Crippen molar-refractivity contribution < 1.29 is 0 Å². The number of aromatic nitrogens is 3. The van der Waals surface area contributed by atoms with Gasteiger partial charge in [-0.15, -0.1) is 5.10 Å². The Balaban J connectivity index is 2.61. The summed E-state index contributed by atoms with van der Waals surface area (Å²) in [6.45, 7) is 1.31. The molecule has 0 amide bonds. The van der Waals surface area contributed by atoms with Crippen molar-refractivity contribution in [2.45, 2.75) is 6.54 Å². The predicted octanol–water partition coefficient (Wildman–Crippen LogP) is -0.000700. The second kappa shape index (κ2) is 2.93. The maximum Gasteiger partial charge on any atom is 0.148 e. The van der Waals surface area contributed by atoms with Gasteiger partial charge in [-0.3, -0.25) is 4.68 Å². The minimum atomic E-state index is 0.593. The molecule has 0 aliphatic heterocycles. The lowest BCUT2D eigenvalue weighted by atomic mass is 10.6. The van der Waals surface area contributed by atoms with Crippen molar-refractivity contribution in [3.8, 4) is 0 Å². The summed E-state index contributed by atoms with van der Waals surface area (Å²) in [7, 11) is 0. The van der Waals surface area contributed by atoms with Crippen molar-refractivity contribution >= 4 is 15.9 Å². The van der Waals surface area contributed by atoms with Gasteiger partial charge in [-0.2, -0.15) is 0 Å². The zero-order valence-corrected chi connectivity index (χ0v) is 6.37. The molecule has 1 aromatic rings. The number of nitrogens with two attached hydrogens (primary N) is 1. The minimum Gasteiger partial charge on any atom is -0.329 e. The monoisotopic (exact) mass is 190 g/mol. The Morgan fingerprint density at radius 3 is 3.00 bits per heavy atom. The lowest BCUT2D eigenvalue weighted by Gasteiger charge is -1.91. The van der Waals surface area contributed by atoms with Crippen LogP contribution in [0.2, 0.25) is 0 Å². The van der Waals surface area contributed by atoms with Crippen LogP contribution >= 0.6 is 15.9 Å². The van der Waals surface area contributed by atoms with Gasteiger partial charge < -0.3 is 5.73 Å². The molecule has 0 radical (unpaired) electrons. The van der Waals surface area contributed by atoms with E-state index in [4.69, 9.17) is 5.73 Å². The van der Waals surface area contributed by atoms with Crippen LogP contribution in [0.4, 0.5) is 0 Å². The molecule has 0 spiro atoms. The summed E-state index contributed by atoms with van der Waals surface area (Å²) >= 11 is 3.17. The van der Waals surface area contributed by atoms with E-state index < -0.39 is 0 Å². The molecule has 4 nitrogen and oxygen atoms in total. The Hall–Kier alpha value is -0.420. The van der Waals surface area contributed by atoms with E-state index in [2.05, 4.69) is 26.2 Å². The molecule has 50 valence electrons. The van der Waals surface area contributed by atoms with E-state index >= 15 is 0 Å².